The van der Waals surface area contributed by atoms with Crippen molar-refractivity contribution in [2.45, 2.75) is 26.2 Å². The summed E-state index contributed by atoms with van der Waals surface area (Å²) in [5.41, 5.74) is 0. The van der Waals surface area contributed by atoms with Gasteiger partial charge in [0.2, 0.25) is 5.95 Å². The third kappa shape index (κ3) is 3.66. The molecule has 1 atom stereocenters. The van der Waals surface area contributed by atoms with E-state index in [1.165, 1.54) is 32.4 Å². The molecule has 1 N–H and O–H groups in total. The van der Waals surface area contributed by atoms with Crippen molar-refractivity contribution in [1.82, 2.24) is 25.1 Å². The molecule has 0 saturated carbocycles. The highest BCUT2D eigenvalue weighted by atomic mass is 15.6. The van der Waals surface area contributed by atoms with Crippen molar-refractivity contribution >= 4 is 5.95 Å². The number of likely N-dealkylation sites (tertiary alicyclic amines) is 1. The summed E-state index contributed by atoms with van der Waals surface area (Å²) in [4.78, 5) is 2.56. The molecular formula is C11H22N6. The maximum Gasteiger partial charge on any atom is 0.242 e. The summed E-state index contributed by atoms with van der Waals surface area (Å²) in [6, 6.07) is 0. The van der Waals surface area contributed by atoms with Crippen molar-refractivity contribution in [3.05, 3.63) is 0 Å². The highest BCUT2D eigenvalue weighted by molar-refractivity contribution is 5.20. The van der Waals surface area contributed by atoms with Gasteiger partial charge in [-0.25, -0.2) is 4.68 Å². The largest absolute Gasteiger partial charge is 0.353 e. The van der Waals surface area contributed by atoms with Gasteiger partial charge in [-0.15, -0.1) is 0 Å². The molecule has 1 unspecified atom stereocenters. The van der Waals surface area contributed by atoms with E-state index in [0.29, 0.717) is 5.92 Å². The third-order valence-corrected chi connectivity index (χ3v) is 3.25. The molecular weight excluding hydrogens is 216 g/mol. The molecule has 0 bridgehead atoms. The number of hydrogen-bond acceptors (Lipinski definition) is 5. The van der Waals surface area contributed by atoms with Crippen LogP contribution in [0.15, 0.2) is 0 Å². The average Bonchev–Trinajstić information content (AvgIpc) is 2.74. The van der Waals surface area contributed by atoms with Crippen LogP contribution < -0.4 is 5.32 Å². The Morgan fingerprint density at radius 2 is 2.06 bits per heavy atom. The molecule has 6 heteroatoms. The zero-order chi connectivity index (χ0) is 12.1. The highest BCUT2D eigenvalue weighted by Crippen LogP contribution is 2.11. The van der Waals surface area contributed by atoms with Crippen molar-refractivity contribution in [3.8, 4) is 0 Å². The SMILES string of the molecule is CC(CNc1nnnn1C)CN1CCCCC1. The van der Waals surface area contributed by atoms with Gasteiger partial charge in [-0.1, -0.05) is 18.4 Å². The molecule has 0 amide bonds. The molecule has 1 aliphatic heterocycles. The maximum atomic E-state index is 3.91. The van der Waals surface area contributed by atoms with Crippen molar-refractivity contribution in [3.63, 3.8) is 0 Å². The minimum absolute atomic E-state index is 0.616. The second kappa shape index (κ2) is 5.95. The van der Waals surface area contributed by atoms with Crippen LogP contribution in [0.3, 0.4) is 0 Å². The Hall–Kier alpha value is -1.17. The van der Waals surface area contributed by atoms with Gasteiger partial charge in [0, 0.05) is 20.1 Å². The Bertz CT molecular complexity index is 330. The van der Waals surface area contributed by atoms with Crippen molar-refractivity contribution < 1.29 is 0 Å². The van der Waals surface area contributed by atoms with Crippen LogP contribution in [0.2, 0.25) is 0 Å². The van der Waals surface area contributed by atoms with Gasteiger partial charge < -0.3 is 10.2 Å². The van der Waals surface area contributed by atoms with Gasteiger partial charge in [0.15, 0.2) is 0 Å². The van der Waals surface area contributed by atoms with Crippen LogP contribution in [-0.4, -0.2) is 51.3 Å². The van der Waals surface area contributed by atoms with Crippen molar-refractivity contribution in [1.29, 1.82) is 0 Å². The topological polar surface area (TPSA) is 58.9 Å². The Labute approximate surface area is 102 Å². The molecule has 1 aromatic rings. The Morgan fingerprint density at radius 1 is 1.29 bits per heavy atom. The Morgan fingerprint density at radius 3 is 2.71 bits per heavy atom. The number of aryl methyl sites for hydroxylation is 1. The van der Waals surface area contributed by atoms with Gasteiger partial charge in [-0.3, -0.25) is 0 Å². The van der Waals surface area contributed by atoms with Crippen LogP contribution in [0.25, 0.3) is 0 Å². The molecule has 0 spiro atoms. The molecule has 0 aromatic carbocycles. The van der Waals surface area contributed by atoms with E-state index >= 15 is 0 Å². The molecule has 1 saturated heterocycles. The number of aromatic nitrogens is 4. The fourth-order valence-corrected chi connectivity index (χ4v) is 2.29. The molecule has 1 fully saturated rings. The van der Waals surface area contributed by atoms with E-state index in [-0.39, 0.29) is 0 Å². The number of anilines is 1. The first kappa shape index (κ1) is 12.3. The lowest BCUT2D eigenvalue weighted by Crippen LogP contribution is -2.35. The zero-order valence-corrected chi connectivity index (χ0v) is 10.8. The van der Waals surface area contributed by atoms with Gasteiger partial charge in [0.1, 0.15) is 0 Å². The lowest BCUT2D eigenvalue weighted by atomic mass is 10.1. The molecule has 0 aliphatic carbocycles. The molecule has 1 aliphatic rings. The summed E-state index contributed by atoms with van der Waals surface area (Å²) in [7, 11) is 1.84. The van der Waals surface area contributed by atoms with Gasteiger partial charge in [0.25, 0.3) is 0 Å². The quantitative estimate of drug-likeness (QED) is 0.820. The molecule has 2 heterocycles. The number of nitrogens with one attached hydrogen (secondary N) is 1. The molecule has 96 valence electrons. The van der Waals surface area contributed by atoms with E-state index in [1.807, 2.05) is 7.05 Å². The maximum absolute atomic E-state index is 3.91. The number of tetrazole rings is 1. The molecule has 1 aromatic heterocycles. The van der Waals surface area contributed by atoms with E-state index in [2.05, 4.69) is 32.7 Å². The number of nitrogens with zero attached hydrogens (tertiary/aromatic N) is 5. The van der Waals surface area contributed by atoms with Crippen LogP contribution in [-0.2, 0) is 7.05 Å². The van der Waals surface area contributed by atoms with Gasteiger partial charge in [-0.05, 0) is 42.3 Å². The smallest absolute Gasteiger partial charge is 0.242 e. The monoisotopic (exact) mass is 238 g/mol. The summed E-state index contributed by atoms with van der Waals surface area (Å²) in [5.74, 6) is 1.36. The van der Waals surface area contributed by atoms with Crippen LogP contribution >= 0.6 is 0 Å². The summed E-state index contributed by atoms with van der Waals surface area (Å²) >= 11 is 0. The second-order valence-corrected chi connectivity index (χ2v) is 4.97. The van der Waals surface area contributed by atoms with E-state index in [0.717, 1.165) is 19.0 Å². The van der Waals surface area contributed by atoms with E-state index < -0.39 is 0 Å². The molecule has 6 nitrogen and oxygen atoms in total. The van der Waals surface area contributed by atoms with Crippen LogP contribution in [0.5, 0.6) is 0 Å². The summed E-state index contributed by atoms with van der Waals surface area (Å²) in [6.45, 7) is 6.88. The number of hydrogen-bond donors (Lipinski definition) is 1. The first-order valence-corrected chi connectivity index (χ1v) is 6.44. The summed E-state index contributed by atoms with van der Waals surface area (Å²) < 4.78 is 1.66. The molecule has 17 heavy (non-hydrogen) atoms. The van der Waals surface area contributed by atoms with E-state index in [9.17, 15) is 0 Å². The number of piperidine rings is 1. The third-order valence-electron chi connectivity index (χ3n) is 3.25. The predicted octanol–water partition coefficient (Wildman–Crippen LogP) is 0.744. The zero-order valence-electron chi connectivity index (χ0n) is 10.8. The van der Waals surface area contributed by atoms with Gasteiger partial charge >= 0.3 is 0 Å². The summed E-state index contributed by atoms with van der Waals surface area (Å²) in [5, 5.41) is 14.6. The lowest BCUT2D eigenvalue weighted by Gasteiger charge is -2.29. The highest BCUT2D eigenvalue weighted by Gasteiger charge is 2.13. The standard InChI is InChI=1S/C11H22N6/c1-10(9-17-6-4-3-5-7-17)8-12-11-13-14-15-16(11)2/h10H,3-9H2,1-2H3,(H,12,13,15). The van der Waals surface area contributed by atoms with E-state index in [1.54, 1.807) is 4.68 Å². The van der Waals surface area contributed by atoms with Crippen LogP contribution in [0.1, 0.15) is 26.2 Å². The minimum atomic E-state index is 0.616. The van der Waals surface area contributed by atoms with Crippen molar-refractivity contribution in [2.24, 2.45) is 13.0 Å². The van der Waals surface area contributed by atoms with Crippen LogP contribution in [0.4, 0.5) is 5.95 Å². The first-order chi connectivity index (χ1) is 8.25. The Kier molecular flexibility index (Phi) is 4.30. The minimum Gasteiger partial charge on any atom is -0.353 e. The second-order valence-electron chi connectivity index (χ2n) is 4.97. The van der Waals surface area contributed by atoms with Gasteiger partial charge in [0.05, 0.1) is 0 Å². The molecule has 0 radical (unpaired) electrons. The number of rotatable bonds is 5. The predicted molar refractivity (Wildman–Crippen MR) is 66.7 cm³/mol. The molecule has 2 rings (SSSR count). The normalized spacial score (nSPS) is 19.2. The fraction of sp³-hybridized carbons (Fsp3) is 0.909. The Balaban J connectivity index is 1.70. The first-order valence-electron chi connectivity index (χ1n) is 6.44. The van der Waals surface area contributed by atoms with Crippen molar-refractivity contribution in [2.75, 3.05) is 31.5 Å². The average molecular weight is 238 g/mol. The summed E-state index contributed by atoms with van der Waals surface area (Å²) in [6.07, 6.45) is 4.11. The fourth-order valence-electron chi connectivity index (χ4n) is 2.29. The van der Waals surface area contributed by atoms with E-state index in [4.69, 9.17) is 0 Å². The lowest BCUT2D eigenvalue weighted by molar-refractivity contribution is 0.204. The van der Waals surface area contributed by atoms with Gasteiger partial charge in [-0.2, -0.15) is 0 Å². The van der Waals surface area contributed by atoms with Crippen LogP contribution in [0, 0.1) is 5.92 Å².